The predicted molar refractivity (Wildman–Crippen MR) is 54.4 cm³/mol. The summed E-state index contributed by atoms with van der Waals surface area (Å²) in [6, 6.07) is 1.62. The van der Waals surface area contributed by atoms with Crippen molar-refractivity contribution in [1.82, 2.24) is 14.9 Å². The van der Waals surface area contributed by atoms with Crippen molar-refractivity contribution in [3.8, 4) is 0 Å². The van der Waals surface area contributed by atoms with Crippen LogP contribution in [-0.4, -0.2) is 35.0 Å². The summed E-state index contributed by atoms with van der Waals surface area (Å²) in [7, 11) is 2.10. The number of aromatic amines is 1. The molecule has 4 nitrogen and oxygen atoms in total. The Balaban J connectivity index is 2.28. The second-order valence-electron chi connectivity index (χ2n) is 4.00. The first kappa shape index (κ1) is 9.40. The van der Waals surface area contributed by atoms with Crippen LogP contribution in [0.3, 0.4) is 0 Å². The molecule has 1 N–H and O–H groups in total. The highest BCUT2D eigenvalue weighted by atomic mass is 16.1. The van der Waals surface area contributed by atoms with E-state index in [4.69, 9.17) is 0 Å². The van der Waals surface area contributed by atoms with Crippen molar-refractivity contribution in [3.05, 3.63) is 27.9 Å². The molecule has 1 atom stereocenters. The lowest BCUT2D eigenvalue weighted by atomic mass is 10.1. The number of likely N-dealkylation sites (N-methyl/N-ethyl adjacent to an activating group) is 1. The van der Waals surface area contributed by atoms with Gasteiger partial charge in [0.15, 0.2) is 0 Å². The Morgan fingerprint density at radius 2 is 2.43 bits per heavy atom. The summed E-state index contributed by atoms with van der Waals surface area (Å²) >= 11 is 0. The minimum absolute atomic E-state index is 0.0398. The number of H-pyrrole nitrogens is 1. The largest absolute Gasteiger partial charge is 0.311 e. The van der Waals surface area contributed by atoms with E-state index >= 15 is 0 Å². The van der Waals surface area contributed by atoms with Gasteiger partial charge in [0.2, 0.25) is 0 Å². The van der Waals surface area contributed by atoms with Crippen molar-refractivity contribution >= 4 is 0 Å². The molecule has 2 rings (SSSR count). The Hall–Kier alpha value is -1.16. The summed E-state index contributed by atoms with van der Waals surface area (Å²) in [6.45, 7) is 3.93. The third-order valence-corrected chi connectivity index (χ3v) is 2.69. The number of nitrogens with one attached hydrogen (secondary N) is 1. The topological polar surface area (TPSA) is 49.0 Å². The molecule has 1 aliphatic rings. The van der Waals surface area contributed by atoms with Gasteiger partial charge in [0.05, 0.1) is 5.69 Å². The molecule has 2 heterocycles. The standard InChI is InChI=1S/C10H15N3O/c1-7-11-9(5-10(14)12-7)8-3-4-13(2)6-8/h5,8H,3-4,6H2,1-2H3,(H,11,12,14). The van der Waals surface area contributed by atoms with Crippen LogP contribution in [-0.2, 0) is 0 Å². The third kappa shape index (κ3) is 1.85. The van der Waals surface area contributed by atoms with Gasteiger partial charge in [0, 0.05) is 18.5 Å². The molecule has 4 heteroatoms. The summed E-state index contributed by atoms with van der Waals surface area (Å²) in [5, 5.41) is 0. The van der Waals surface area contributed by atoms with Crippen LogP contribution in [0.2, 0.25) is 0 Å². The molecule has 1 aromatic heterocycles. The minimum atomic E-state index is -0.0398. The molecule has 0 amide bonds. The fraction of sp³-hybridized carbons (Fsp3) is 0.600. The number of hydrogen-bond donors (Lipinski definition) is 1. The Bertz CT molecular complexity index is 385. The Labute approximate surface area is 83.0 Å². The van der Waals surface area contributed by atoms with Crippen molar-refractivity contribution < 1.29 is 0 Å². The monoisotopic (exact) mass is 193 g/mol. The van der Waals surface area contributed by atoms with Crippen LogP contribution < -0.4 is 5.56 Å². The van der Waals surface area contributed by atoms with Crippen LogP contribution in [0.5, 0.6) is 0 Å². The summed E-state index contributed by atoms with van der Waals surface area (Å²) in [4.78, 5) is 20.5. The molecule has 0 saturated carbocycles. The van der Waals surface area contributed by atoms with E-state index in [9.17, 15) is 4.79 Å². The van der Waals surface area contributed by atoms with Gasteiger partial charge in [-0.05, 0) is 26.9 Å². The molecule has 1 fully saturated rings. The molecule has 76 valence electrons. The summed E-state index contributed by atoms with van der Waals surface area (Å²) in [6.07, 6.45) is 1.10. The highest BCUT2D eigenvalue weighted by molar-refractivity contribution is 5.10. The van der Waals surface area contributed by atoms with Gasteiger partial charge >= 0.3 is 0 Å². The first-order valence-electron chi connectivity index (χ1n) is 4.91. The fourth-order valence-electron chi connectivity index (χ4n) is 1.99. The van der Waals surface area contributed by atoms with Crippen molar-refractivity contribution in [2.75, 3.05) is 20.1 Å². The van der Waals surface area contributed by atoms with Crippen LogP contribution in [0.25, 0.3) is 0 Å². The van der Waals surface area contributed by atoms with E-state index in [0.717, 1.165) is 25.2 Å². The number of aromatic nitrogens is 2. The molecule has 0 bridgehead atoms. The zero-order valence-corrected chi connectivity index (χ0v) is 8.58. The van der Waals surface area contributed by atoms with E-state index in [1.54, 1.807) is 6.07 Å². The van der Waals surface area contributed by atoms with E-state index in [2.05, 4.69) is 21.9 Å². The highest BCUT2D eigenvalue weighted by Crippen LogP contribution is 2.23. The lowest BCUT2D eigenvalue weighted by Gasteiger charge is -2.09. The molecule has 0 aromatic carbocycles. The maximum Gasteiger partial charge on any atom is 0.251 e. The number of aryl methyl sites for hydroxylation is 1. The van der Waals surface area contributed by atoms with E-state index in [0.29, 0.717) is 11.7 Å². The molecular weight excluding hydrogens is 178 g/mol. The molecule has 0 aliphatic carbocycles. The van der Waals surface area contributed by atoms with Gasteiger partial charge < -0.3 is 9.88 Å². The third-order valence-electron chi connectivity index (χ3n) is 2.69. The SMILES string of the molecule is Cc1nc(C2CCN(C)C2)cc(=O)[nH]1. The van der Waals surface area contributed by atoms with Crippen molar-refractivity contribution in [2.24, 2.45) is 0 Å². The average molecular weight is 193 g/mol. The summed E-state index contributed by atoms with van der Waals surface area (Å²) in [5.74, 6) is 1.14. The Morgan fingerprint density at radius 1 is 1.64 bits per heavy atom. The maximum atomic E-state index is 11.2. The Morgan fingerprint density at radius 3 is 3.00 bits per heavy atom. The number of hydrogen-bond acceptors (Lipinski definition) is 3. The minimum Gasteiger partial charge on any atom is -0.311 e. The van der Waals surface area contributed by atoms with Crippen LogP contribution in [0.15, 0.2) is 10.9 Å². The second-order valence-corrected chi connectivity index (χ2v) is 4.00. The normalized spacial score (nSPS) is 22.9. The van der Waals surface area contributed by atoms with Gasteiger partial charge in [-0.3, -0.25) is 4.79 Å². The number of nitrogens with zero attached hydrogens (tertiary/aromatic N) is 2. The summed E-state index contributed by atoms with van der Waals surface area (Å²) < 4.78 is 0. The molecule has 1 unspecified atom stereocenters. The zero-order chi connectivity index (χ0) is 10.1. The molecule has 0 spiro atoms. The Kier molecular flexibility index (Phi) is 2.37. The molecule has 1 saturated heterocycles. The van der Waals surface area contributed by atoms with Crippen molar-refractivity contribution in [2.45, 2.75) is 19.3 Å². The average Bonchev–Trinajstić information content (AvgIpc) is 2.50. The predicted octanol–water partition coefficient (Wildman–Crippen LogP) is 0.497. The van der Waals surface area contributed by atoms with E-state index in [1.807, 2.05) is 6.92 Å². The number of likely N-dealkylation sites (tertiary alicyclic amines) is 1. The quantitative estimate of drug-likeness (QED) is 0.706. The van der Waals surface area contributed by atoms with Crippen LogP contribution in [0.4, 0.5) is 0 Å². The van der Waals surface area contributed by atoms with Gasteiger partial charge in [0.25, 0.3) is 5.56 Å². The lowest BCUT2D eigenvalue weighted by Crippen LogP contribution is -2.16. The fourth-order valence-corrected chi connectivity index (χ4v) is 1.99. The van der Waals surface area contributed by atoms with E-state index in [1.165, 1.54) is 0 Å². The van der Waals surface area contributed by atoms with Crippen molar-refractivity contribution in [3.63, 3.8) is 0 Å². The van der Waals surface area contributed by atoms with E-state index in [-0.39, 0.29) is 5.56 Å². The number of rotatable bonds is 1. The second kappa shape index (κ2) is 3.53. The van der Waals surface area contributed by atoms with Gasteiger partial charge in [-0.2, -0.15) is 0 Å². The van der Waals surface area contributed by atoms with Gasteiger partial charge in [-0.25, -0.2) is 4.98 Å². The molecule has 0 radical (unpaired) electrons. The van der Waals surface area contributed by atoms with E-state index < -0.39 is 0 Å². The van der Waals surface area contributed by atoms with Gasteiger partial charge in [0.1, 0.15) is 5.82 Å². The first-order chi connectivity index (χ1) is 6.65. The molecule has 1 aromatic rings. The smallest absolute Gasteiger partial charge is 0.251 e. The van der Waals surface area contributed by atoms with Gasteiger partial charge in [-0.1, -0.05) is 0 Å². The molecule has 14 heavy (non-hydrogen) atoms. The van der Waals surface area contributed by atoms with Crippen LogP contribution in [0.1, 0.15) is 23.9 Å². The first-order valence-corrected chi connectivity index (χ1v) is 4.91. The zero-order valence-electron chi connectivity index (χ0n) is 8.58. The summed E-state index contributed by atoms with van der Waals surface area (Å²) in [5.41, 5.74) is 0.901. The van der Waals surface area contributed by atoms with Crippen molar-refractivity contribution in [1.29, 1.82) is 0 Å². The van der Waals surface area contributed by atoms with Gasteiger partial charge in [-0.15, -0.1) is 0 Å². The molecule has 1 aliphatic heterocycles. The van der Waals surface area contributed by atoms with Crippen LogP contribution in [0, 0.1) is 6.92 Å². The lowest BCUT2D eigenvalue weighted by molar-refractivity contribution is 0.410. The highest BCUT2D eigenvalue weighted by Gasteiger charge is 2.22. The van der Waals surface area contributed by atoms with Crippen LogP contribution >= 0.6 is 0 Å². The molecular formula is C10H15N3O. The maximum absolute atomic E-state index is 11.2.